The zero-order valence-corrected chi connectivity index (χ0v) is 21.8. The first-order valence-corrected chi connectivity index (χ1v) is 12.7. The summed E-state index contributed by atoms with van der Waals surface area (Å²) in [5.74, 6) is -1.90. The van der Waals surface area contributed by atoms with Crippen LogP contribution >= 0.6 is 0 Å². The Morgan fingerprint density at radius 3 is 2.45 bits per heavy atom. The molecule has 1 fully saturated rings. The third kappa shape index (κ3) is 7.41. The van der Waals surface area contributed by atoms with Gasteiger partial charge in [-0.25, -0.2) is 14.8 Å². The molecule has 1 atom stereocenters. The zero-order valence-electron chi connectivity index (χ0n) is 21.8. The van der Waals surface area contributed by atoms with Crippen molar-refractivity contribution in [3.05, 3.63) is 60.7 Å². The van der Waals surface area contributed by atoms with Crippen LogP contribution in [0.1, 0.15) is 30.3 Å². The average molecular weight is 552 g/mol. The second-order valence-corrected chi connectivity index (χ2v) is 8.83. The van der Waals surface area contributed by atoms with E-state index in [-0.39, 0.29) is 51.3 Å². The van der Waals surface area contributed by atoms with Crippen molar-refractivity contribution in [2.75, 3.05) is 32.8 Å². The van der Waals surface area contributed by atoms with E-state index in [1.807, 2.05) is 18.2 Å². The van der Waals surface area contributed by atoms with Gasteiger partial charge in [0.05, 0.1) is 37.9 Å². The van der Waals surface area contributed by atoms with Gasteiger partial charge in [0.25, 0.3) is 5.91 Å². The monoisotopic (exact) mass is 551 g/mol. The fraction of sp³-hybridized carbons (Fsp3) is 0.333. The number of furan rings is 1. The van der Waals surface area contributed by atoms with Gasteiger partial charge in [0.1, 0.15) is 11.7 Å². The number of rotatable bonds is 10. The van der Waals surface area contributed by atoms with Crippen molar-refractivity contribution >= 4 is 23.9 Å². The summed E-state index contributed by atoms with van der Waals surface area (Å²) in [6.07, 6.45) is 1.69. The first-order chi connectivity index (χ1) is 19.3. The summed E-state index contributed by atoms with van der Waals surface area (Å²) in [6.45, 7) is 2.69. The molecule has 0 spiro atoms. The Hall–Kier alpha value is -4.78. The molecule has 0 aliphatic carbocycles. The van der Waals surface area contributed by atoms with Gasteiger partial charge in [0.2, 0.25) is 5.91 Å². The highest BCUT2D eigenvalue weighted by atomic mass is 16.8. The van der Waals surface area contributed by atoms with Crippen LogP contribution in [0.2, 0.25) is 0 Å². The van der Waals surface area contributed by atoms with E-state index < -0.39 is 30.0 Å². The molecule has 210 valence electrons. The van der Waals surface area contributed by atoms with Crippen molar-refractivity contribution in [2.24, 2.45) is 0 Å². The van der Waals surface area contributed by atoms with Crippen LogP contribution in [0.25, 0.3) is 22.6 Å². The maximum Gasteiger partial charge on any atom is 0.527 e. The largest absolute Gasteiger partial charge is 0.527 e. The Kier molecular flexibility index (Phi) is 9.41. The van der Waals surface area contributed by atoms with Gasteiger partial charge in [0, 0.05) is 30.6 Å². The Labute approximate surface area is 229 Å². The fourth-order valence-corrected chi connectivity index (χ4v) is 4.07. The van der Waals surface area contributed by atoms with Gasteiger partial charge < -0.3 is 29.3 Å². The highest BCUT2D eigenvalue weighted by molar-refractivity contribution is 5.97. The maximum absolute atomic E-state index is 13.4. The summed E-state index contributed by atoms with van der Waals surface area (Å²) < 4.78 is 9.93. The molecule has 13 heteroatoms. The third-order valence-electron chi connectivity index (χ3n) is 6.07. The molecular formula is C27H29N5O8. The van der Waals surface area contributed by atoms with Crippen LogP contribution in [0.3, 0.4) is 0 Å². The Morgan fingerprint density at radius 1 is 1.05 bits per heavy atom. The van der Waals surface area contributed by atoms with E-state index in [2.05, 4.69) is 15.3 Å². The lowest BCUT2D eigenvalue weighted by molar-refractivity contribution is -0.157. The van der Waals surface area contributed by atoms with Crippen molar-refractivity contribution in [3.63, 3.8) is 0 Å². The summed E-state index contributed by atoms with van der Waals surface area (Å²) in [5, 5.41) is 13.3. The smallest absolute Gasteiger partial charge is 0.481 e. The van der Waals surface area contributed by atoms with Crippen molar-refractivity contribution in [1.82, 2.24) is 25.2 Å². The van der Waals surface area contributed by atoms with Crippen LogP contribution in [-0.4, -0.2) is 87.8 Å². The number of carbonyl (C=O) groups excluding carboxylic acids is 3. The van der Waals surface area contributed by atoms with Gasteiger partial charge in [-0.15, -0.1) is 5.06 Å². The van der Waals surface area contributed by atoms with Crippen molar-refractivity contribution in [3.8, 4) is 22.6 Å². The number of nitrogens with zero attached hydrogens (tertiary/aromatic N) is 4. The van der Waals surface area contributed by atoms with Crippen LogP contribution in [0.5, 0.6) is 0 Å². The zero-order chi connectivity index (χ0) is 28.5. The molecule has 0 radical (unpaired) electrons. The van der Waals surface area contributed by atoms with E-state index in [1.165, 1.54) is 28.6 Å². The second kappa shape index (κ2) is 13.3. The first-order valence-electron chi connectivity index (χ1n) is 12.7. The number of piperazine rings is 1. The molecule has 2 amide bonds. The normalized spacial score (nSPS) is 14.3. The first kappa shape index (κ1) is 28.2. The van der Waals surface area contributed by atoms with Crippen LogP contribution in [-0.2, 0) is 19.2 Å². The van der Waals surface area contributed by atoms with E-state index in [1.54, 1.807) is 25.1 Å². The molecule has 3 aromatic rings. The average Bonchev–Trinajstić information content (AvgIpc) is 3.51. The maximum atomic E-state index is 13.4. The number of hydrogen-bond donors (Lipinski definition) is 2. The molecular weight excluding hydrogens is 522 g/mol. The lowest BCUT2D eigenvalue weighted by Gasteiger charge is -2.35. The molecule has 0 saturated carbocycles. The molecule has 2 N–H and O–H groups in total. The van der Waals surface area contributed by atoms with E-state index in [0.29, 0.717) is 22.6 Å². The number of hydrogen-bond acceptors (Lipinski definition) is 10. The molecule has 3 heterocycles. The number of aliphatic carboxylic acids is 1. The lowest BCUT2D eigenvalue weighted by Crippen LogP contribution is -2.55. The number of carboxylic acid groups (broad SMARTS) is 1. The minimum Gasteiger partial charge on any atom is -0.481 e. The van der Waals surface area contributed by atoms with Gasteiger partial charge in [-0.1, -0.05) is 30.3 Å². The molecule has 0 unspecified atom stereocenters. The topological polar surface area (TPSA) is 164 Å². The Balaban J connectivity index is 1.52. The minimum atomic E-state index is -1.12. The summed E-state index contributed by atoms with van der Waals surface area (Å²) in [7, 11) is 0. The Morgan fingerprint density at radius 2 is 1.80 bits per heavy atom. The minimum absolute atomic E-state index is 0.00540. The summed E-state index contributed by atoms with van der Waals surface area (Å²) in [6, 6.07) is 11.2. The lowest BCUT2D eigenvalue weighted by atomic mass is 10.1. The number of nitrogens with one attached hydrogen (secondary N) is 1. The highest BCUT2D eigenvalue weighted by Crippen LogP contribution is 2.23. The summed E-state index contributed by atoms with van der Waals surface area (Å²) in [5.41, 5.74) is 1.77. The van der Waals surface area contributed by atoms with Crippen molar-refractivity contribution in [1.29, 1.82) is 0 Å². The van der Waals surface area contributed by atoms with Crippen LogP contribution in [0, 0.1) is 0 Å². The summed E-state index contributed by atoms with van der Waals surface area (Å²) >= 11 is 0. The van der Waals surface area contributed by atoms with Gasteiger partial charge >= 0.3 is 12.1 Å². The van der Waals surface area contributed by atoms with Crippen LogP contribution in [0.15, 0.2) is 59.4 Å². The number of aromatic nitrogens is 2. The molecule has 40 heavy (non-hydrogen) atoms. The van der Waals surface area contributed by atoms with E-state index in [9.17, 15) is 24.3 Å². The molecule has 1 saturated heterocycles. The number of carbonyl (C=O) groups is 4. The van der Waals surface area contributed by atoms with E-state index >= 15 is 0 Å². The number of ether oxygens (including phenoxy) is 1. The molecule has 1 aliphatic heterocycles. The van der Waals surface area contributed by atoms with Crippen LogP contribution < -0.4 is 5.32 Å². The SMILES string of the molecule is CCOC(=O)ON1CCN(C(=O)[C@H](CCC(=O)O)NC(=O)c2cc(-c3ccoc3)nc(-c3ccccc3)n2)CC1. The van der Waals surface area contributed by atoms with Gasteiger partial charge in [-0.05, 0) is 25.5 Å². The van der Waals surface area contributed by atoms with Gasteiger partial charge in [0.15, 0.2) is 5.82 Å². The standard InChI is InChI=1S/C27H29N5O8/c1-2-39-27(37)40-32-13-11-31(12-14-32)26(36)20(8-9-23(33)34)30-25(35)22-16-21(19-10-15-38-17-19)28-24(29-22)18-6-4-3-5-7-18/h3-7,10,15-17,20H,2,8-9,11-14H2,1H3,(H,30,35)(H,33,34)/t20-/m0/s1. The molecule has 2 aromatic heterocycles. The molecule has 4 rings (SSSR count). The predicted octanol–water partition coefficient (Wildman–Crippen LogP) is 2.60. The van der Waals surface area contributed by atoms with Crippen molar-refractivity contribution in [2.45, 2.75) is 25.8 Å². The van der Waals surface area contributed by atoms with E-state index in [4.69, 9.17) is 14.0 Å². The highest BCUT2D eigenvalue weighted by Gasteiger charge is 2.31. The summed E-state index contributed by atoms with van der Waals surface area (Å²) in [4.78, 5) is 65.2. The quantitative estimate of drug-likeness (QED) is 0.356. The number of amides is 2. The van der Waals surface area contributed by atoms with Crippen molar-refractivity contribution < 1.29 is 38.3 Å². The molecule has 1 aliphatic rings. The number of benzene rings is 1. The Bertz CT molecular complexity index is 1320. The van der Waals surface area contributed by atoms with E-state index in [0.717, 1.165) is 0 Å². The van der Waals surface area contributed by atoms with Crippen LogP contribution in [0.4, 0.5) is 4.79 Å². The number of carboxylic acids is 1. The molecule has 1 aromatic carbocycles. The predicted molar refractivity (Wildman–Crippen MR) is 140 cm³/mol. The van der Waals surface area contributed by atoms with Gasteiger partial charge in [-0.3, -0.25) is 14.4 Å². The second-order valence-electron chi connectivity index (χ2n) is 8.83. The molecule has 0 bridgehead atoms. The number of hydroxylamine groups is 2. The molecule has 13 nitrogen and oxygen atoms in total. The fourth-order valence-electron chi connectivity index (χ4n) is 4.07. The van der Waals surface area contributed by atoms with Gasteiger partial charge in [-0.2, -0.15) is 0 Å². The third-order valence-corrected chi connectivity index (χ3v) is 6.07.